The number of alkyl halides is 1. The summed E-state index contributed by atoms with van der Waals surface area (Å²) in [6, 6.07) is 18.0. The maximum Gasteiger partial charge on any atom is 0.223 e. The van der Waals surface area contributed by atoms with Crippen molar-refractivity contribution in [1.82, 2.24) is 39.7 Å². The van der Waals surface area contributed by atoms with Gasteiger partial charge in [0.15, 0.2) is 5.82 Å². The minimum atomic E-state index is -0.771. The van der Waals surface area contributed by atoms with Gasteiger partial charge in [0, 0.05) is 80.8 Å². The minimum absolute atomic E-state index is 0.0485. The van der Waals surface area contributed by atoms with E-state index in [9.17, 15) is 14.0 Å². The summed E-state index contributed by atoms with van der Waals surface area (Å²) in [5, 5.41) is 13.8. The van der Waals surface area contributed by atoms with E-state index in [4.69, 9.17) is 14.8 Å². The number of hydrogen-bond acceptors (Lipinski definition) is 8. The number of ether oxygens (including phenoxy) is 1. The SMILES string of the molecule is CC(C)c1ccc(-c2ccc(Oc3cc(-c4nc(C5CC(=O)N(C6CC6)C5)n(CCN5CC(F)C5)n4)ccc3CN3C[C@@H](C)CC3=O)cc2)nn1. The summed E-state index contributed by atoms with van der Waals surface area (Å²) < 4.78 is 22.1. The number of carbonyl (C=O) groups is 2. The molecule has 0 radical (unpaired) electrons. The molecule has 12 heteroatoms. The molecule has 4 aliphatic rings. The molecule has 1 unspecified atom stereocenters. The molecule has 3 aliphatic heterocycles. The predicted molar refractivity (Wildman–Crippen MR) is 190 cm³/mol. The summed E-state index contributed by atoms with van der Waals surface area (Å²) in [4.78, 5) is 36.8. The Morgan fingerprint density at radius 1 is 0.882 bits per heavy atom. The molecule has 0 spiro atoms. The molecular formula is C39H45FN8O3. The van der Waals surface area contributed by atoms with Crippen LogP contribution < -0.4 is 4.74 Å². The lowest BCUT2D eigenvalue weighted by atomic mass is 10.1. The van der Waals surface area contributed by atoms with Gasteiger partial charge in [0.1, 0.15) is 23.5 Å². The maximum absolute atomic E-state index is 13.6. The molecule has 3 saturated heterocycles. The van der Waals surface area contributed by atoms with E-state index in [2.05, 4.69) is 35.9 Å². The van der Waals surface area contributed by atoms with Crippen molar-refractivity contribution < 1.29 is 18.7 Å². The highest BCUT2D eigenvalue weighted by Crippen LogP contribution is 2.38. The van der Waals surface area contributed by atoms with E-state index in [0.717, 1.165) is 46.7 Å². The van der Waals surface area contributed by atoms with Crippen molar-refractivity contribution in [2.75, 3.05) is 32.7 Å². The monoisotopic (exact) mass is 692 g/mol. The highest BCUT2D eigenvalue weighted by molar-refractivity contribution is 5.80. The van der Waals surface area contributed by atoms with Crippen molar-refractivity contribution in [1.29, 1.82) is 0 Å². The van der Waals surface area contributed by atoms with Gasteiger partial charge in [0.25, 0.3) is 0 Å². The number of amides is 2. The van der Waals surface area contributed by atoms with Crippen molar-refractivity contribution in [3.05, 3.63) is 71.7 Å². The quantitative estimate of drug-likeness (QED) is 0.183. The van der Waals surface area contributed by atoms with E-state index in [1.807, 2.05) is 69.1 Å². The summed E-state index contributed by atoms with van der Waals surface area (Å²) in [6.07, 6.45) is 2.33. The van der Waals surface area contributed by atoms with E-state index < -0.39 is 6.17 Å². The first-order chi connectivity index (χ1) is 24.7. The molecule has 4 fully saturated rings. The maximum atomic E-state index is 13.6. The number of hydrogen-bond donors (Lipinski definition) is 0. The molecule has 8 rings (SSSR count). The van der Waals surface area contributed by atoms with E-state index in [1.165, 1.54) is 0 Å². The second-order valence-corrected chi connectivity index (χ2v) is 15.1. The smallest absolute Gasteiger partial charge is 0.223 e. The lowest BCUT2D eigenvalue weighted by Gasteiger charge is -2.34. The van der Waals surface area contributed by atoms with Crippen LogP contribution in [0.2, 0.25) is 0 Å². The van der Waals surface area contributed by atoms with Crippen LogP contribution >= 0.6 is 0 Å². The molecule has 2 aromatic heterocycles. The zero-order chi connectivity index (χ0) is 35.2. The number of benzene rings is 2. The van der Waals surface area contributed by atoms with Gasteiger partial charge in [-0.1, -0.05) is 32.9 Å². The minimum Gasteiger partial charge on any atom is -0.457 e. The van der Waals surface area contributed by atoms with Gasteiger partial charge in [-0.05, 0) is 67.1 Å². The Labute approximate surface area is 297 Å². The van der Waals surface area contributed by atoms with Gasteiger partial charge in [-0.3, -0.25) is 14.5 Å². The number of likely N-dealkylation sites (tertiary alicyclic amines) is 3. The predicted octanol–water partition coefficient (Wildman–Crippen LogP) is 5.82. The molecule has 2 atom stereocenters. The molecule has 2 amide bonds. The molecular weight excluding hydrogens is 647 g/mol. The number of halogens is 1. The fourth-order valence-corrected chi connectivity index (χ4v) is 7.38. The van der Waals surface area contributed by atoms with Crippen LogP contribution in [0.4, 0.5) is 4.39 Å². The van der Waals surface area contributed by atoms with Crippen molar-refractivity contribution in [3.8, 4) is 34.1 Å². The van der Waals surface area contributed by atoms with Crippen molar-refractivity contribution in [3.63, 3.8) is 0 Å². The largest absolute Gasteiger partial charge is 0.457 e. The average Bonchev–Trinajstić information content (AvgIpc) is 3.62. The van der Waals surface area contributed by atoms with Crippen LogP contribution in [0.5, 0.6) is 11.5 Å². The molecule has 11 nitrogen and oxygen atoms in total. The van der Waals surface area contributed by atoms with Crippen molar-refractivity contribution in [2.24, 2.45) is 5.92 Å². The molecule has 2 aromatic carbocycles. The van der Waals surface area contributed by atoms with Crippen LogP contribution in [0.15, 0.2) is 54.6 Å². The van der Waals surface area contributed by atoms with Gasteiger partial charge >= 0.3 is 0 Å². The fraction of sp³-hybridized carbons (Fsp3) is 0.487. The van der Waals surface area contributed by atoms with Crippen LogP contribution in [0.25, 0.3) is 22.6 Å². The molecule has 4 aromatic rings. The molecule has 0 bridgehead atoms. The first-order valence-electron chi connectivity index (χ1n) is 18.3. The Bertz CT molecular complexity index is 1900. The highest BCUT2D eigenvalue weighted by Gasteiger charge is 2.41. The summed E-state index contributed by atoms with van der Waals surface area (Å²) in [7, 11) is 0. The van der Waals surface area contributed by atoms with Crippen LogP contribution in [0.1, 0.15) is 75.4 Å². The zero-order valence-corrected chi connectivity index (χ0v) is 29.5. The third-order valence-corrected chi connectivity index (χ3v) is 10.5. The standard InChI is InChI=1S/C39H45FN8O3/c1-24(2)33-12-13-34(43-42-33)26-6-10-32(11-7-26)51-35-17-27(4-5-28(35)20-46-19-25(3)16-36(46)49)38-41-39(29-18-37(50)47(21-29)31-8-9-31)48(44-38)15-14-45-22-30(40)23-45/h4-7,10-13,17,24-25,29-31H,8-9,14-16,18-23H2,1-3H3/t25-,29?/m0/s1. The fourth-order valence-electron chi connectivity index (χ4n) is 7.38. The van der Waals surface area contributed by atoms with Crippen LogP contribution in [-0.2, 0) is 22.7 Å². The third kappa shape index (κ3) is 7.24. The molecule has 5 heterocycles. The first-order valence-corrected chi connectivity index (χ1v) is 18.3. The third-order valence-electron chi connectivity index (χ3n) is 10.5. The van der Waals surface area contributed by atoms with Gasteiger partial charge in [-0.15, -0.1) is 0 Å². The summed E-state index contributed by atoms with van der Waals surface area (Å²) in [6.45, 7) is 10.2. The summed E-state index contributed by atoms with van der Waals surface area (Å²) >= 11 is 0. The number of rotatable bonds is 12. The van der Waals surface area contributed by atoms with Crippen LogP contribution in [0, 0.1) is 5.92 Å². The number of nitrogens with zero attached hydrogens (tertiary/aromatic N) is 8. The Morgan fingerprint density at radius 2 is 1.67 bits per heavy atom. The van der Waals surface area contributed by atoms with E-state index in [0.29, 0.717) is 93.9 Å². The molecule has 266 valence electrons. The summed E-state index contributed by atoms with van der Waals surface area (Å²) in [5.74, 6) is 3.50. The lowest BCUT2D eigenvalue weighted by Crippen LogP contribution is -2.49. The number of carbonyl (C=O) groups excluding carboxylic acids is 2. The zero-order valence-electron chi connectivity index (χ0n) is 29.5. The van der Waals surface area contributed by atoms with Gasteiger partial charge in [-0.25, -0.2) is 14.1 Å². The van der Waals surface area contributed by atoms with Crippen LogP contribution in [-0.4, -0.2) is 96.4 Å². The van der Waals surface area contributed by atoms with Crippen molar-refractivity contribution >= 4 is 11.8 Å². The Hall–Kier alpha value is -4.71. The number of aromatic nitrogens is 5. The lowest BCUT2D eigenvalue weighted by molar-refractivity contribution is -0.129. The molecule has 1 saturated carbocycles. The molecule has 51 heavy (non-hydrogen) atoms. The van der Waals surface area contributed by atoms with E-state index in [1.54, 1.807) is 0 Å². The van der Waals surface area contributed by atoms with Gasteiger partial charge in [-0.2, -0.15) is 15.3 Å². The van der Waals surface area contributed by atoms with Gasteiger partial charge in [0.2, 0.25) is 11.8 Å². The Balaban J connectivity index is 1.09. The van der Waals surface area contributed by atoms with Crippen LogP contribution in [0.3, 0.4) is 0 Å². The second-order valence-electron chi connectivity index (χ2n) is 15.1. The van der Waals surface area contributed by atoms with Gasteiger partial charge < -0.3 is 14.5 Å². The van der Waals surface area contributed by atoms with E-state index >= 15 is 0 Å². The Morgan fingerprint density at radius 3 is 2.33 bits per heavy atom. The van der Waals surface area contributed by atoms with Crippen molar-refractivity contribution in [2.45, 2.75) is 83.6 Å². The summed E-state index contributed by atoms with van der Waals surface area (Å²) in [5.41, 5.74) is 4.34. The molecule has 0 N–H and O–H groups in total. The normalized spacial score (nSPS) is 21.3. The first kappa shape index (κ1) is 33.4. The second kappa shape index (κ2) is 13.8. The Kier molecular flexibility index (Phi) is 9.03. The van der Waals surface area contributed by atoms with Gasteiger partial charge in [0.05, 0.1) is 17.9 Å². The highest BCUT2D eigenvalue weighted by atomic mass is 19.1. The molecule has 1 aliphatic carbocycles. The topological polar surface area (TPSA) is 110 Å². The average molecular weight is 693 g/mol. The van der Waals surface area contributed by atoms with E-state index in [-0.39, 0.29) is 17.7 Å².